The van der Waals surface area contributed by atoms with E-state index in [9.17, 15) is 0 Å². The zero-order chi connectivity index (χ0) is 10.5. The van der Waals surface area contributed by atoms with Crippen LogP contribution in [0.3, 0.4) is 0 Å². The Hall–Kier alpha value is 0.177. The van der Waals surface area contributed by atoms with Crippen LogP contribution < -0.4 is 0 Å². The summed E-state index contributed by atoms with van der Waals surface area (Å²) in [6.45, 7) is 3.12. The summed E-state index contributed by atoms with van der Waals surface area (Å²) >= 11 is 0. The van der Waals surface area contributed by atoms with Crippen molar-refractivity contribution >= 4 is 10.5 Å². The minimum absolute atomic E-state index is 0.855. The Morgan fingerprint density at radius 2 is 1.14 bits per heavy atom. The number of rotatable bonds is 11. The summed E-state index contributed by atoms with van der Waals surface area (Å²) in [5, 5.41) is 0. The van der Waals surface area contributed by atoms with Crippen molar-refractivity contribution in [1.29, 1.82) is 0 Å². The number of hydrogen-bond acceptors (Lipinski definition) is 1. The van der Waals surface area contributed by atoms with Crippen molar-refractivity contribution in [2.45, 2.75) is 71.1 Å². The van der Waals surface area contributed by atoms with E-state index in [-0.39, 0.29) is 0 Å². The van der Waals surface area contributed by atoms with Crippen molar-refractivity contribution in [2.75, 3.05) is 6.61 Å². The van der Waals surface area contributed by atoms with Crippen molar-refractivity contribution in [3.05, 3.63) is 0 Å². The molecule has 0 aromatic heterocycles. The van der Waals surface area contributed by atoms with Gasteiger partial charge in [-0.25, -0.2) is 0 Å². The normalized spacial score (nSPS) is 10.8. The van der Waals surface area contributed by atoms with Gasteiger partial charge in [-0.2, -0.15) is 0 Å². The Balaban J connectivity index is 2.78. The molecule has 0 aliphatic rings. The van der Waals surface area contributed by atoms with Crippen LogP contribution in [-0.4, -0.2) is 17.1 Å². The van der Waals surface area contributed by atoms with Crippen molar-refractivity contribution in [2.24, 2.45) is 0 Å². The summed E-state index contributed by atoms with van der Waals surface area (Å²) in [5.41, 5.74) is 0. The quantitative estimate of drug-likeness (QED) is 0.372. The molecule has 0 radical (unpaired) electrons. The van der Waals surface area contributed by atoms with Crippen LogP contribution in [0.1, 0.15) is 71.1 Å². The fourth-order valence-corrected chi connectivity index (χ4v) is 1.81. The molecule has 0 amide bonds. The fourth-order valence-electron chi connectivity index (χ4n) is 1.66. The van der Waals surface area contributed by atoms with E-state index in [2.05, 4.69) is 17.4 Å². The first-order valence-corrected chi connectivity index (χ1v) is 6.61. The molecule has 0 unspecified atom stereocenters. The minimum atomic E-state index is 0.855. The number of hydrogen-bond donors (Lipinski definition) is 0. The van der Waals surface area contributed by atoms with Gasteiger partial charge in [-0.05, 0) is 0 Å². The second-order valence-corrected chi connectivity index (χ2v) is 4.32. The molecule has 0 fully saturated rings. The molecule has 2 heteroatoms. The average molecular weight is 213 g/mol. The summed E-state index contributed by atoms with van der Waals surface area (Å²) in [7, 11) is 3.01. The van der Waals surface area contributed by atoms with Crippen LogP contribution in [0.15, 0.2) is 0 Å². The summed E-state index contributed by atoms with van der Waals surface area (Å²) in [6.07, 6.45) is 13.8. The molecule has 0 heterocycles. The first kappa shape index (κ1) is 14.2. The molecule has 0 aromatic rings. The molecule has 0 spiro atoms. The second-order valence-electron chi connectivity index (χ2n) is 4.03. The van der Waals surface area contributed by atoms with Crippen LogP contribution in [-0.2, 0) is 4.43 Å². The van der Waals surface area contributed by atoms with Crippen molar-refractivity contribution < 1.29 is 4.43 Å². The van der Waals surface area contributed by atoms with Crippen LogP contribution in [0.5, 0.6) is 0 Å². The van der Waals surface area contributed by atoms with Gasteiger partial charge < -0.3 is 0 Å². The van der Waals surface area contributed by atoms with Gasteiger partial charge in [0.1, 0.15) is 0 Å². The van der Waals surface area contributed by atoms with Gasteiger partial charge in [0.15, 0.2) is 0 Å². The molecule has 0 saturated carbocycles. The first-order valence-electron chi connectivity index (χ1n) is 6.20. The third-order valence-electron chi connectivity index (χ3n) is 2.60. The molecular formula is C12H25OSi+3. The van der Waals surface area contributed by atoms with Crippen LogP contribution in [0.4, 0.5) is 0 Å². The maximum absolute atomic E-state index is 4.82. The molecule has 14 heavy (non-hydrogen) atoms. The second kappa shape index (κ2) is 13.2. The van der Waals surface area contributed by atoms with Gasteiger partial charge in [0.05, 0.1) is 0 Å². The van der Waals surface area contributed by atoms with E-state index in [0.29, 0.717) is 0 Å². The Bertz CT molecular complexity index is 84.3. The summed E-state index contributed by atoms with van der Waals surface area (Å²) in [5.74, 6) is 0. The van der Waals surface area contributed by atoms with Crippen molar-refractivity contribution in [3.63, 3.8) is 0 Å². The Labute approximate surface area is 93.2 Å². The third-order valence-corrected chi connectivity index (χ3v) is 2.80. The van der Waals surface area contributed by atoms with E-state index in [1.54, 1.807) is 0 Å². The van der Waals surface area contributed by atoms with Crippen LogP contribution >= 0.6 is 0 Å². The van der Waals surface area contributed by atoms with E-state index in [4.69, 9.17) is 4.43 Å². The van der Waals surface area contributed by atoms with Crippen molar-refractivity contribution in [1.82, 2.24) is 0 Å². The van der Waals surface area contributed by atoms with Crippen molar-refractivity contribution in [3.8, 4) is 0 Å². The molecule has 80 valence electrons. The Morgan fingerprint density at radius 3 is 1.57 bits per heavy atom. The van der Waals surface area contributed by atoms with E-state index in [1.807, 2.05) is 0 Å². The molecule has 1 nitrogen and oxygen atoms in total. The van der Waals surface area contributed by atoms with Crippen LogP contribution in [0.2, 0.25) is 0 Å². The average Bonchev–Trinajstić information content (AvgIpc) is 2.21. The van der Waals surface area contributed by atoms with E-state index in [0.717, 1.165) is 6.61 Å². The van der Waals surface area contributed by atoms with Gasteiger partial charge in [-0.15, -0.1) is 0 Å². The van der Waals surface area contributed by atoms with E-state index in [1.165, 1.54) is 64.2 Å². The Kier molecular flexibility index (Phi) is 13.3. The molecule has 0 bridgehead atoms. The predicted octanol–water partition coefficient (Wildman–Crippen LogP) is 4.01. The standard InChI is InChI=1S/C12H25OSi/c1-2-3-4-5-6-7-8-9-10-11-12-13-14/h2-12H2,1H3/q+3. The van der Waals surface area contributed by atoms with Crippen LogP contribution in [0, 0.1) is 0 Å². The zero-order valence-electron chi connectivity index (χ0n) is 9.69. The molecule has 0 aliphatic carbocycles. The summed E-state index contributed by atoms with van der Waals surface area (Å²) < 4.78 is 4.82. The maximum atomic E-state index is 4.82. The number of unbranched alkanes of at least 4 members (excludes halogenated alkanes) is 9. The van der Waals surface area contributed by atoms with Gasteiger partial charge in [0.25, 0.3) is 0 Å². The molecule has 0 N–H and O–H groups in total. The summed E-state index contributed by atoms with van der Waals surface area (Å²) in [6, 6.07) is 0. The fraction of sp³-hybridized carbons (Fsp3) is 1.00. The van der Waals surface area contributed by atoms with Crippen LogP contribution in [0.25, 0.3) is 0 Å². The summed E-state index contributed by atoms with van der Waals surface area (Å²) in [4.78, 5) is 0. The topological polar surface area (TPSA) is 9.23 Å². The molecule has 0 rings (SSSR count). The first-order chi connectivity index (χ1) is 6.91. The van der Waals surface area contributed by atoms with Gasteiger partial charge in [0, 0.05) is 0 Å². The van der Waals surface area contributed by atoms with Gasteiger partial charge in [-0.1, -0.05) is 6.92 Å². The molecule has 0 aromatic carbocycles. The molecule has 0 aliphatic heterocycles. The van der Waals surface area contributed by atoms with Gasteiger partial charge >= 0.3 is 85.7 Å². The molecule has 0 atom stereocenters. The third kappa shape index (κ3) is 12.2. The Morgan fingerprint density at radius 1 is 0.714 bits per heavy atom. The molecule has 0 saturated heterocycles. The monoisotopic (exact) mass is 213 g/mol. The van der Waals surface area contributed by atoms with E-state index < -0.39 is 0 Å². The molecular weight excluding hydrogens is 188 g/mol. The van der Waals surface area contributed by atoms with Gasteiger partial charge in [-0.3, -0.25) is 0 Å². The van der Waals surface area contributed by atoms with Gasteiger partial charge in [0.2, 0.25) is 0 Å². The SMILES string of the molecule is CCCCCCCCCCCCO[Si+3]. The predicted molar refractivity (Wildman–Crippen MR) is 63.6 cm³/mol. The zero-order valence-corrected chi connectivity index (χ0v) is 10.7. The van der Waals surface area contributed by atoms with E-state index >= 15 is 0 Å².